The van der Waals surface area contributed by atoms with Crippen LogP contribution in [-0.4, -0.2) is 47.0 Å². The molecule has 3 heterocycles. The molecule has 1 aromatic carbocycles. The SMILES string of the molecule is NC(=O)c1ccc(N2CC(NC(=O)[C@H]3C[C@H](Oc4cc(F)cc5scnc45)C3)C2)nc1. The van der Waals surface area contributed by atoms with Crippen LogP contribution in [-0.2, 0) is 4.79 Å². The van der Waals surface area contributed by atoms with Crippen LogP contribution in [0.25, 0.3) is 10.2 Å². The maximum Gasteiger partial charge on any atom is 0.250 e. The number of carbonyl (C=O) groups excluding carboxylic acids is 2. The Bertz CT molecular complexity index is 1140. The number of carbonyl (C=O) groups is 2. The highest BCUT2D eigenvalue weighted by molar-refractivity contribution is 7.16. The number of anilines is 1. The summed E-state index contributed by atoms with van der Waals surface area (Å²) in [5, 5.41) is 3.06. The Morgan fingerprint density at radius 1 is 1.23 bits per heavy atom. The highest BCUT2D eigenvalue weighted by Gasteiger charge is 2.39. The van der Waals surface area contributed by atoms with Crippen LogP contribution in [0.5, 0.6) is 5.75 Å². The van der Waals surface area contributed by atoms with Crippen molar-refractivity contribution in [3.63, 3.8) is 0 Å². The van der Waals surface area contributed by atoms with Gasteiger partial charge in [0.25, 0.3) is 0 Å². The fourth-order valence-electron chi connectivity index (χ4n) is 3.84. The number of amides is 2. The normalized spacial score (nSPS) is 20.7. The molecule has 2 aliphatic rings. The number of hydrogen-bond acceptors (Lipinski definition) is 7. The van der Waals surface area contributed by atoms with Crippen LogP contribution in [0, 0.1) is 11.7 Å². The molecule has 3 N–H and O–H groups in total. The van der Waals surface area contributed by atoms with Gasteiger partial charge in [0, 0.05) is 31.3 Å². The molecule has 0 atom stereocenters. The van der Waals surface area contributed by atoms with Crippen molar-refractivity contribution >= 4 is 39.2 Å². The molecule has 1 aliphatic carbocycles. The Balaban J connectivity index is 1.08. The molecule has 0 spiro atoms. The predicted molar refractivity (Wildman–Crippen MR) is 114 cm³/mol. The van der Waals surface area contributed by atoms with Gasteiger partial charge in [-0.1, -0.05) is 0 Å². The Morgan fingerprint density at radius 3 is 2.74 bits per heavy atom. The highest BCUT2D eigenvalue weighted by Crippen LogP contribution is 2.35. The lowest BCUT2D eigenvalue weighted by Gasteiger charge is -2.42. The zero-order valence-electron chi connectivity index (χ0n) is 16.5. The Morgan fingerprint density at radius 2 is 2.03 bits per heavy atom. The number of benzene rings is 1. The first-order valence-electron chi connectivity index (χ1n) is 9.97. The number of primary amides is 1. The summed E-state index contributed by atoms with van der Waals surface area (Å²) in [6.45, 7) is 1.32. The highest BCUT2D eigenvalue weighted by atomic mass is 32.1. The molecule has 0 unspecified atom stereocenters. The van der Waals surface area contributed by atoms with E-state index in [9.17, 15) is 14.0 Å². The van der Waals surface area contributed by atoms with E-state index < -0.39 is 5.91 Å². The minimum absolute atomic E-state index is 0.0135. The molecule has 3 aromatic rings. The molecule has 8 nitrogen and oxygen atoms in total. The number of rotatable bonds is 6. The number of pyridine rings is 1. The molecule has 0 radical (unpaired) electrons. The van der Waals surface area contributed by atoms with Crippen LogP contribution < -0.4 is 20.7 Å². The third-order valence-electron chi connectivity index (χ3n) is 5.71. The summed E-state index contributed by atoms with van der Waals surface area (Å²) in [4.78, 5) is 34.1. The maximum atomic E-state index is 13.8. The summed E-state index contributed by atoms with van der Waals surface area (Å²) < 4.78 is 20.4. The number of nitrogens with one attached hydrogen (secondary N) is 1. The van der Waals surface area contributed by atoms with Gasteiger partial charge in [-0.15, -0.1) is 11.3 Å². The molecule has 1 aliphatic heterocycles. The Kier molecular flexibility index (Phi) is 4.93. The second-order valence-electron chi connectivity index (χ2n) is 7.89. The van der Waals surface area contributed by atoms with Gasteiger partial charge >= 0.3 is 0 Å². The average Bonchev–Trinajstić information content (AvgIpc) is 3.15. The van der Waals surface area contributed by atoms with E-state index in [1.165, 1.54) is 29.7 Å². The van der Waals surface area contributed by atoms with Gasteiger partial charge < -0.3 is 20.7 Å². The van der Waals surface area contributed by atoms with Crippen LogP contribution in [0.3, 0.4) is 0 Å². The number of aromatic nitrogens is 2. The van der Waals surface area contributed by atoms with E-state index in [1.54, 1.807) is 17.6 Å². The lowest BCUT2D eigenvalue weighted by molar-refractivity contribution is -0.131. The van der Waals surface area contributed by atoms with Gasteiger partial charge in [0.2, 0.25) is 11.8 Å². The second-order valence-corrected chi connectivity index (χ2v) is 8.78. The molecular weight excluding hydrogens is 421 g/mol. The number of nitrogens with two attached hydrogens (primary N) is 1. The molecule has 2 amide bonds. The van der Waals surface area contributed by atoms with E-state index in [2.05, 4.69) is 15.3 Å². The van der Waals surface area contributed by atoms with E-state index in [0.29, 0.717) is 42.8 Å². The largest absolute Gasteiger partial charge is 0.488 e. The monoisotopic (exact) mass is 441 g/mol. The first-order valence-corrected chi connectivity index (χ1v) is 10.8. The summed E-state index contributed by atoms with van der Waals surface area (Å²) in [5.74, 6) is 0.226. The van der Waals surface area contributed by atoms with Crippen LogP contribution in [0.15, 0.2) is 36.0 Å². The first kappa shape index (κ1) is 19.7. The van der Waals surface area contributed by atoms with E-state index in [0.717, 1.165) is 10.5 Å². The van der Waals surface area contributed by atoms with E-state index in [-0.39, 0.29) is 29.8 Å². The molecular formula is C21H20FN5O3S. The van der Waals surface area contributed by atoms with Crippen molar-refractivity contribution in [2.45, 2.75) is 25.0 Å². The second kappa shape index (κ2) is 7.77. The van der Waals surface area contributed by atoms with Crippen molar-refractivity contribution in [2.75, 3.05) is 18.0 Å². The number of halogens is 1. The molecule has 2 aromatic heterocycles. The van der Waals surface area contributed by atoms with Gasteiger partial charge in [-0.25, -0.2) is 14.4 Å². The van der Waals surface area contributed by atoms with E-state index in [1.807, 2.05) is 4.90 Å². The van der Waals surface area contributed by atoms with Crippen LogP contribution in [0.1, 0.15) is 23.2 Å². The van der Waals surface area contributed by atoms with Gasteiger partial charge in [-0.2, -0.15) is 0 Å². The lowest BCUT2D eigenvalue weighted by Crippen LogP contribution is -2.61. The van der Waals surface area contributed by atoms with Crippen LogP contribution in [0.4, 0.5) is 10.2 Å². The number of ether oxygens (including phenoxy) is 1. The third kappa shape index (κ3) is 3.90. The fourth-order valence-corrected chi connectivity index (χ4v) is 4.56. The van der Waals surface area contributed by atoms with Crippen LogP contribution >= 0.6 is 11.3 Å². The standard InChI is InChI=1S/C21H20FN5O3S/c22-13-5-16(19-17(6-13)31-10-25-19)30-15-3-12(4-15)21(29)26-14-8-27(9-14)18-2-1-11(7-24-18)20(23)28/h1-2,5-7,10,12,14-15H,3-4,8-9H2,(H2,23,28)(H,26,29)/t12-,15-. The quantitative estimate of drug-likeness (QED) is 0.606. The third-order valence-corrected chi connectivity index (χ3v) is 6.49. The average molecular weight is 441 g/mol. The lowest BCUT2D eigenvalue weighted by atomic mass is 9.81. The van der Waals surface area contributed by atoms with E-state index >= 15 is 0 Å². The Labute approximate surface area is 181 Å². The topological polar surface area (TPSA) is 110 Å². The van der Waals surface area contributed by atoms with Crippen molar-refractivity contribution in [3.8, 4) is 5.75 Å². The number of hydrogen-bond donors (Lipinski definition) is 2. The Hall–Kier alpha value is -3.27. The molecule has 5 rings (SSSR count). The summed E-state index contributed by atoms with van der Waals surface area (Å²) in [7, 11) is 0. The van der Waals surface area contributed by atoms with Gasteiger partial charge in [0.1, 0.15) is 29.0 Å². The zero-order chi connectivity index (χ0) is 21.5. The minimum Gasteiger partial charge on any atom is -0.488 e. The number of nitrogens with zero attached hydrogens (tertiary/aromatic N) is 3. The molecule has 1 saturated heterocycles. The summed E-state index contributed by atoms with van der Waals surface area (Å²) in [6.07, 6.45) is 2.53. The summed E-state index contributed by atoms with van der Waals surface area (Å²) in [5.41, 5.74) is 7.91. The summed E-state index contributed by atoms with van der Waals surface area (Å²) >= 11 is 1.37. The molecule has 160 valence electrons. The van der Waals surface area contributed by atoms with Crippen molar-refractivity contribution in [1.29, 1.82) is 0 Å². The first-order chi connectivity index (χ1) is 15.0. The van der Waals surface area contributed by atoms with Gasteiger partial charge in [0.15, 0.2) is 0 Å². The van der Waals surface area contributed by atoms with Gasteiger partial charge in [-0.3, -0.25) is 9.59 Å². The van der Waals surface area contributed by atoms with Crippen molar-refractivity contribution in [2.24, 2.45) is 11.7 Å². The molecule has 2 fully saturated rings. The van der Waals surface area contributed by atoms with Crippen molar-refractivity contribution in [1.82, 2.24) is 15.3 Å². The van der Waals surface area contributed by atoms with Gasteiger partial charge in [-0.05, 0) is 31.0 Å². The molecule has 31 heavy (non-hydrogen) atoms. The maximum absolute atomic E-state index is 13.8. The predicted octanol–water partition coefficient (Wildman–Crippen LogP) is 2.09. The van der Waals surface area contributed by atoms with Crippen molar-refractivity contribution < 1.29 is 18.7 Å². The molecule has 1 saturated carbocycles. The van der Waals surface area contributed by atoms with Crippen LogP contribution in [0.2, 0.25) is 0 Å². The minimum atomic E-state index is -0.510. The zero-order valence-corrected chi connectivity index (χ0v) is 17.3. The van der Waals surface area contributed by atoms with E-state index in [4.69, 9.17) is 10.5 Å². The molecule has 0 bridgehead atoms. The number of thiazole rings is 1. The van der Waals surface area contributed by atoms with Gasteiger partial charge in [0.05, 0.1) is 21.8 Å². The smallest absolute Gasteiger partial charge is 0.250 e. The summed E-state index contributed by atoms with van der Waals surface area (Å²) in [6, 6.07) is 6.24. The fraction of sp³-hybridized carbons (Fsp3) is 0.333. The molecule has 10 heteroatoms. The number of fused-ring (bicyclic) bond motifs is 1. The van der Waals surface area contributed by atoms with Crippen molar-refractivity contribution in [3.05, 3.63) is 47.4 Å².